The van der Waals surface area contributed by atoms with Gasteiger partial charge in [0, 0.05) is 11.8 Å². The maximum absolute atomic E-state index is 13.7. The standard InChI is InChI=1S/C16H16FNO4/c1-20-12-8-7-10(9-11(12)17)18-16(19)15-13(21-2)5-4-6-14(15)22-3/h4-9H,1-3H3,(H,18,19). The molecule has 0 aliphatic heterocycles. The summed E-state index contributed by atoms with van der Waals surface area (Å²) in [6, 6.07) is 9.16. The number of halogens is 1. The van der Waals surface area contributed by atoms with Crippen LogP contribution in [0, 0.1) is 5.82 Å². The zero-order valence-corrected chi connectivity index (χ0v) is 12.5. The second kappa shape index (κ2) is 6.80. The molecule has 0 fully saturated rings. The van der Waals surface area contributed by atoms with Crippen molar-refractivity contribution in [1.82, 2.24) is 0 Å². The van der Waals surface area contributed by atoms with Crippen LogP contribution >= 0.6 is 0 Å². The summed E-state index contributed by atoms with van der Waals surface area (Å²) >= 11 is 0. The molecule has 1 amide bonds. The van der Waals surface area contributed by atoms with E-state index in [9.17, 15) is 9.18 Å². The molecule has 0 aromatic heterocycles. The second-order valence-corrected chi connectivity index (χ2v) is 4.34. The van der Waals surface area contributed by atoms with Gasteiger partial charge >= 0.3 is 0 Å². The monoisotopic (exact) mass is 305 g/mol. The Kier molecular flexibility index (Phi) is 4.83. The van der Waals surface area contributed by atoms with E-state index in [1.54, 1.807) is 24.3 Å². The molecule has 0 bridgehead atoms. The molecule has 1 N–H and O–H groups in total. The summed E-state index contributed by atoms with van der Waals surface area (Å²) < 4.78 is 28.8. The van der Waals surface area contributed by atoms with Crippen LogP contribution in [-0.4, -0.2) is 27.2 Å². The SMILES string of the molecule is COc1ccc(NC(=O)c2c(OC)cccc2OC)cc1F. The lowest BCUT2D eigenvalue weighted by molar-refractivity contribution is 0.102. The normalized spacial score (nSPS) is 10.0. The molecule has 6 heteroatoms. The van der Waals surface area contributed by atoms with Crippen LogP contribution in [0.5, 0.6) is 17.2 Å². The van der Waals surface area contributed by atoms with Gasteiger partial charge in [-0.3, -0.25) is 4.79 Å². The quantitative estimate of drug-likeness (QED) is 0.922. The number of methoxy groups -OCH3 is 3. The van der Waals surface area contributed by atoms with Crippen molar-refractivity contribution in [2.45, 2.75) is 0 Å². The Morgan fingerprint density at radius 2 is 1.55 bits per heavy atom. The molecule has 0 saturated carbocycles. The third kappa shape index (κ3) is 3.11. The summed E-state index contributed by atoms with van der Waals surface area (Å²) in [4.78, 5) is 12.4. The number of hydrogen-bond acceptors (Lipinski definition) is 4. The van der Waals surface area contributed by atoms with Gasteiger partial charge in [-0.2, -0.15) is 0 Å². The van der Waals surface area contributed by atoms with Crippen molar-refractivity contribution < 1.29 is 23.4 Å². The highest BCUT2D eigenvalue weighted by Crippen LogP contribution is 2.29. The molecule has 0 atom stereocenters. The first-order valence-corrected chi connectivity index (χ1v) is 6.46. The number of carbonyl (C=O) groups excluding carboxylic acids is 1. The van der Waals surface area contributed by atoms with Gasteiger partial charge in [0.1, 0.15) is 17.1 Å². The molecule has 2 aromatic rings. The van der Waals surface area contributed by atoms with Crippen molar-refractivity contribution in [1.29, 1.82) is 0 Å². The lowest BCUT2D eigenvalue weighted by atomic mass is 10.1. The molecule has 0 saturated heterocycles. The van der Waals surface area contributed by atoms with Crippen LogP contribution in [0.1, 0.15) is 10.4 Å². The first kappa shape index (κ1) is 15.6. The number of anilines is 1. The number of benzene rings is 2. The molecule has 2 aromatic carbocycles. The minimum Gasteiger partial charge on any atom is -0.496 e. The highest BCUT2D eigenvalue weighted by molar-refractivity contribution is 6.08. The van der Waals surface area contributed by atoms with Crippen molar-refractivity contribution in [3.05, 3.63) is 47.8 Å². The van der Waals surface area contributed by atoms with Gasteiger partial charge in [-0.25, -0.2) is 4.39 Å². The van der Waals surface area contributed by atoms with Crippen LogP contribution in [0.4, 0.5) is 10.1 Å². The zero-order chi connectivity index (χ0) is 16.1. The number of ether oxygens (including phenoxy) is 3. The van der Waals surface area contributed by atoms with E-state index in [2.05, 4.69) is 5.32 Å². The fourth-order valence-electron chi connectivity index (χ4n) is 2.01. The maximum atomic E-state index is 13.7. The van der Waals surface area contributed by atoms with E-state index in [1.165, 1.54) is 33.5 Å². The number of carbonyl (C=O) groups is 1. The molecule has 22 heavy (non-hydrogen) atoms. The Morgan fingerprint density at radius 1 is 0.955 bits per heavy atom. The molecule has 0 unspecified atom stereocenters. The summed E-state index contributed by atoms with van der Waals surface area (Å²) in [5, 5.41) is 2.61. The summed E-state index contributed by atoms with van der Waals surface area (Å²) in [5.74, 6) is -0.185. The highest BCUT2D eigenvalue weighted by Gasteiger charge is 2.18. The van der Waals surface area contributed by atoms with Gasteiger partial charge in [0.25, 0.3) is 5.91 Å². The average molecular weight is 305 g/mol. The molecule has 116 valence electrons. The van der Waals surface area contributed by atoms with E-state index in [-0.39, 0.29) is 11.3 Å². The zero-order valence-electron chi connectivity index (χ0n) is 12.5. The van der Waals surface area contributed by atoms with Gasteiger partial charge in [-0.15, -0.1) is 0 Å². The van der Waals surface area contributed by atoms with Crippen molar-refractivity contribution in [3.8, 4) is 17.2 Å². The van der Waals surface area contributed by atoms with Crippen molar-refractivity contribution in [3.63, 3.8) is 0 Å². The van der Waals surface area contributed by atoms with Crippen molar-refractivity contribution >= 4 is 11.6 Å². The second-order valence-electron chi connectivity index (χ2n) is 4.34. The molecule has 0 aliphatic carbocycles. The predicted octanol–water partition coefficient (Wildman–Crippen LogP) is 3.10. The Labute approximate surface area is 127 Å². The summed E-state index contributed by atoms with van der Waals surface area (Å²) in [6.07, 6.45) is 0. The van der Waals surface area contributed by atoms with Gasteiger partial charge < -0.3 is 19.5 Å². The molecule has 0 aliphatic rings. The Balaban J connectivity index is 2.31. The Morgan fingerprint density at radius 3 is 2.05 bits per heavy atom. The van der Waals surface area contributed by atoms with E-state index >= 15 is 0 Å². The average Bonchev–Trinajstić information content (AvgIpc) is 2.54. The first-order chi connectivity index (χ1) is 10.6. The third-order valence-corrected chi connectivity index (χ3v) is 3.06. The Hall–Kier alpha value is -2.76. The first-order valence-electron chi connectivity index (χ1n) is 6.46. The van der Waals surface area contributed by atoms with E-state index < -0.39 is 11.7 Å². The highest BCUT2D eigenvalue weighted by atomic mass is 19.1. The molecule has 0 radical (unpaired) electrons. The van der Waals surface area contributed by atoms with Crippen LogP contribution < -0.4 is 19.5 Å². The van der Waals surface area contributed by atoms with E-state index in [1.807, 2.05) is 0 Å². The van der Waals surface area contributed by atoms with Gasteiger partial charge in [0.2, 0.25) is 0 Å². The van der Waals surface area contributed by atoms with Crippen LogP contribution in [0.25, 0.3) is 0 Å². The molecule has 0 spiro atoms. The molecule has 5 nitrogen and oxygen atoms in total. The van der Waals surface area contributed by atoms with Crippen LogP contribution in [0.15, 0.2) is 36.4 Å². The summed E-state index contributed by atoms with van der Waals surface area (Å²) in [7, 11) is 4.29. The number of amides is 1. The van der Waals surface area contributed by atoms with E-state index in [0.717, 1.165) is 0 Å². The van der Waals surface area contributed by atoms with Gasteiger partial charge in [-0.1, -0.05) is 6.07 Å². The third-order valence-electron chi connectivity index (χ3n) is 3.06. The van der Waals surface area contributed by atoms with Crippen LogP contribution in [-0.2, 0) is 0 Å². The number of hydrogen-bond donors (Lipinski definition) is 1. The molecule has 0 heterocycles. The summed E-state index contributed by atoms with van der Waals surface area (Å²) in [6.45, 7) is 0. The predicted molar refractivity (Wildman–Crippen MR) is 80.5 cm³/mol. The van der Waals surface area contributed by atoms with Crippen molar-refractivity contribution in [2.24, 2.45) is 0 Å². The molecular formula is C16H16FNO4. The molecular weight excluding hydrogens is 289 g/mol. The number of nitrogens with one attached hydrogen (secondary N) is 1. The van der Waals surface area contributed by atoms with Gasteiger partial charge in [-0.05, 0) is 24.3 Å². The van der Waals surface area contributed by atoms with Gasteiger partial charge in [0.15, 0.2) is 11.6 Å². The lowest BCUT2D eigenvalue weighted by Crippen LogP contribution is -2.14. The van der Waals surface area contributed by atoms with Crippen molar-refractivity contribution in [2.75, 3.05) is 26.6 Å². The minimum atomic E-state index is -0.563. The minimum absolute atomic E-state index is 0.105. The fourth-order valence-corrected chi connectivity index (χ4v) is 2.01. The fraction of sp³-hybridized carbons (Fsp3) is 0.188. The maximum Gasteiger partial charge on any atom is 0.263 e. The number of rotatable bonds is 5. The van der Waals surface area contributed by atoms with Crippen LogP contribution in [0.3, 0.4) is 0 Å². The smallest absolute Gasteiger partial charge is 0.263 e. The van der Waals surface area contributed by atoms with E-state index in [4.69, 9.17) is 14.2 Å². The Bertz CT molecular complexity index is 666. The van der Waals surface area contributed by atoms with Gasteiger partial charge in [0.05, 0.1) is 21.3 Å². The molecule has 2 rings (SSSR count). The topological polar surface area (TPSA) is 56.8 Å². The largest absolute Gasteiger partial charge is 0.496 e. The van der Waals surface area contributed by atoms with E-state index in [0.29, 0.717) is 17.2 Å². The lowest BCUT2D eigenvalue weighted by Gasteiger charge is -2.13. The van der Waals surface area contributed by atoms with Crippen LogP contribution in [0.2, 0.25) is 0 Å². The summed E-state index contributed by atoms with van der Waals surface area (Å²) in [5.41, 5.74) is 0.542.